The Labute approximate surface area is 116 Å². The zero-order valence-corrected chi connectivity index (χ0v) is 12.2. The number of amides is 1. The van der Waals surface area contributed by atoms with E-state index >= 15 is 0 Å². The summed E-state index contributed by atoms with van der Waals surface area (Å²) in [6.07, 6.45) is 8.75. The number of ether oxygens (including phenoxy) is 1. The van der Waals surface area contributed by atoms with E-state index in [4.69, 9.17) is 11.2 Å². The molecule has 2 aliphatic rings. The average molecular weight is 264 g/mol. The molecular formula is C15H24N2O2. The van der Waals surface area contributed by atoms with Crippen LogP contribution in [-0.2, 0) is 4.74 Å². The van der Waals surface area contributed by atoms with Crippen LogP contribution >= 0.6 is 0 Å². The van der Waals surface area contributed by atoms with Crippen LogP contribution in [0.15, 0.2) is 0 Å². The minimum absolute atomic E-state index is 0.199. The van der Waals surface area contributed by atoms with Crippen LogP contribution in [0.1, 0.15) is 40.0 Å². The number of nitrogens with zero attached hydrogens (tertiary/aromatic N) is 2. The van der Waals surface area contributed by atoms with E-state index in [2.05, 4.69) is 10.8 Å². The lowest BCUT2D eigenvalue weighted by atomic mass is 9.94. The van der Waals surface area contributed by atoms with Crippen LogP contribution in [0.25, 0.3) is 0 Å². The van der Waals surface area contributed by atoms with Crippen LogP contribution < -0.4 is 0 Å². The normalized spacial score (nSPS) is 28.4. The topological polar surface area (TPSA) is 32.8 Å². The molecule has 4 heteroatoms. The van der Waals surface area contributed by atoms with Gasteiger partial charge in [-0.2, -0.15) is 0 Å². The first-order valence-corrected chi connectivity index (χ1v) is 7.10. The molecule has 0 N–H and O–H groups in total. The van der Waals surface area contributed by atoms with Crippen molar-refractivity contribution in [1.82, 2.24) is 9.80 Å². The van der Waals surface area contributed by atoms with Gasteiger partial charge in [0, 0.05) is 25.7 Å². The number of carbonyl (C=O) groups excluding carboxylic acids is 1. The summed E-state index contributed by atoms with van der Waals surface area (Å²) in [7, 11) is 0. The first kappa shape index (κ1) is 14.2. The molecule has 2 rings (SSSR count). The van der Waals surface area contributed by atoms with Gasteiger partial charge in [0.15, 0.2) is 0 Å². The van der Waals surface area contributed by atoms with Gasteiger partial charge in [-0.15, -0.1) is 6.42 Å². The van der Waals surface area contributed by atoms with Crippen molar-refractivity contribution in [2.45, 2.75) is 57.7 Å². The van der Waals surface area contributed by atoms with Gasteiger partial charge in [0.2, 0.25) is 0 Å². The highest BCUT2D eigenvalue weighted by Crippen LogP contribution is 2.26. The SMILES string of the molecule is C#C[C@H]1CCC[C@H]2CN(C(=O)OC(C)(C)C)CCN21. The molecule has 2 aliphatic heterocycles. The van der Waals surface area contributed by atoms with Crippen LogP contribution in [0.3, 0.4) is 0 Å². The fourth-order valence-electron chi connectivity index (χ4n) is 2.92. The van der Waals surface area contributed by atoms with Gasteiger partial charge in [0.05, 0.1) is 6.04 Å². The van der Waals surface area contributed by atoms with Crippen LogP contribution in [0.4, 0.5) is 4.79 Å². The molecule has 0 unspecified atom stereocenters. The van der Waals surface area contributed by atoms with Gasteiger partial charge in [0.1, 0.15) is 5.60 Å². The summed E-state index contributed by atoms with van der Waals surface area (Å²) in [6.45, 7) is 8.01. The van der Waals surface area contributed by atoms with Crippen LogP contribution in [0, 0.1) is 12.3 Å². The van der Waals surface area contributed by atoms with Gasteiger partial charge < -0.3 is 9.64 Å². The van der Waals surface area contributed by atoms with Crippen molar-refractivity contribution in [3.8, 4) is 12.3 Å². The van der Waals surface area contributed by atoms with E-state index in [1.165, 1.54) is 0 Å². The lowest BCUT2D eigenvalue weighted by molar-refractivity contribution is -0.00903. The standard InChI is InChI=1S/C15H24N2O2/c1-5-12-7-6-8-13-11-16(9-10-17(12)13)14(18)19-15(2,3)4/h1,12-13H,6-11H2,2-4H3/t12-,13-/m0/s1. The van der Waals surface area contributed by atoms with Crippen molar-refractivity contribution in [2.24, 2.45) is 0 Å². The number of piperidine rings is 1. The number of hydrogen-bond acceptors (Lipinski definition) is 3. The van der Waals surface area contributed by atoms with Crippen molar-refractivity contribution >= 4 is 6.09 Å². The minimum Gasteiger partial charge on any atom is -0.444 e. The third-order valence-electron chi connectivity index (χ3n) is 3.79. The summed E-state index contributed by atoms with van der Waals surface area (Å²) in [5.41, 5.74) is -0.428. The maximum Gasteiger partial charge on any atom is 0.410 e. The zero-order valence-electron chi connectivity index (χ0n) is 12.2. The summed E-state index contributed by atoms with van der Waals surface area (Å²) in [4.78, 5) is 16.3. The highest BCUT2D eigenvalue weighted by atomic mass is 16.6. The summed E-state index contributed by atoms with van der Waals surface area (Å²) in [5, 5.41) is 0. The van der Waals surface area contributed by atoms with E-state index in [1.807, 2.05) is 25.7 Å². The van der Waals surface area contributed by atoms with Gasteiger partial charge in [-0.3, -0.25) is 4.90 Å². The Balaban J connectivity index is 1.95. The largest absolute Gasteiger partial charge is 0.444 e. The summed E-state index contributed by atoms with van der Waals surface area (Å²) >= 11 is 0. The van der Waals surface area contributed by atoms with E-state index in [-0.39, 0.29) is 12.1 Å². The fourth-order valence-corrected chi connectivity index (χ4v) is 2.92. The molecule has 4 nitrogen and oxygen atoms in total. The fraction of sp³-hybridized carbons (Fsp3) is 0.800. The lowest BCUT2D eigenvalue weighted by Gasteiger charge is -2.46. The van der Waals surface area contributed by atoms with Gasteiger partial charge in [-0.1, -0.05) is 5.92 Å². The number of fused-ring (bicyclic) bond motifs is 1. The Morgan fingerprint density at radius 3 is 2.68 bits per heavy atom. The second-order valence-corrected chi connectivity index (χ2v) is 6.43. The first-order valence-electron chi connectivity index (χ1n) is 7.10. The highest BCUT2D eigenvalue weighted by molar-refractivity contribution is 5.68. The maximum absolute atomic E-state index is 12.1. The third-order valence-corrected chi connectivity index (χ3v) is 3.79. The number of rotatable bonds is 0. The maximum atomic E-state index is 12.1. The molecule has 2 saturated heterocycles. The van der Waals surface area contributed by atoms with E-state index < -0.39 is 5.60 Å². The molecule has 19 heavy (non-hydrogen) atoms. The molecule has 0 spiro atoms. The Morgan fingerprint density at radius 2 is 2.05 bits per heavy atom. The van der Waals surface area contributed by atoms with E-state index in [1.54, 1.807) is 0 Å². The van der Waals surface area contributed by atoms with Crippen LogP contribution in [-0.4, -0.2) is 53.2 Å². The average Bonchev–Trinajstić information content (AvgIpc) is 2.35. The van der Waals surface area contributed by atoms with Crippen molar-refractivity contribution in [3.63, 3.8) is 0 Å². The Hall–Kier alpha value is -1.21. The Kier molecular flexibility index (Phi) is 4.05. The predicted octanol–water partition coefficient (Wildman–Crippen LogP) is 2.09. The number of hydrogen-bond donors (Lipinski definition) is 0. The first-order chi connectivity index (χ1) is 8.90. The molecule has 0 aromatic rings. The van der Waals surface area contributed by atoms with Crippen molar-refractivity contribution in [3.05, 3.63) is 0 Å². The summed E-state index contributed by atoms with van der Waals surface area (Å²) in [6, 6.07) is 0.649. The third kappa shape index (κ3) is 3.42. The number of carbonyl (C=O) groups is 1. The van der Waals surface area contributed by atoms with Crippen LogP contribution in [0.2, 0.25) is 0 Å². The molecule has 0 radical (unpaired) electrons. The van der Waals surface area contributed by atoms with Gasteiger partial charge in [0.25, 0.3) is 0 Å². The Bertz CT molecular complexity index is 381. The molecule has 2 fully saturated rings. The number of terminal acetylenes is 1. The highest BCUT2D eigenvalue weighted by Gasteiger charge is 2.36. The molecule has 1 amide bonds. The van der Waals surface area contributed by atoms with Crippen molar-refractivity contribution in [1.29, 1.82) is 0 Å². The van der Waals surface area contributed by atoms with Crippen LogP contribution in [0.5, 0.6) is 0 Å². The zero-order chi connectivity index (χ0) is 14.0. The molecular weight excluding hydrogens is 240 g/mol. The second-order valence-electron chi connectivity index (χ2n) is 6.43. The second kappa shape index (κ2) is 5.42. The summed E-state index contributed by atoms with van der Waals surface area (Å²) < 4.78 is 5.44. The predicted molar refractivity (Wildman–Crippen MR) is 74.8 cm³/mol. The lowest BCUT2D eigenvalue weighted by Crippen LogP contribution is -2.59. The smallest absolute Gasteiger partial charge is 0.410 e. The molecule has 2 atom stereocenters. The van der Waals surface area contributed by atoms with Gasteiger partial charge >= 0.3 is 6.09 Å². The monoisotopic (exact) mass is 264 g/mol. The van der Waals surface area contributed by atoms with Gasteiger partial charge in [-0.25, -0.2) is 4.79 Å². The number of piperazine rings is 1. The molecule has 2 heterocycles. The molecule has 106 valence electrons. The van der Waals surface area contributed by atoms with E-state index in [9.17, 15) is 4.79 Å². The molecule has 0 bridgehead atoms. The quantitative estimate of drug-likeness (QED) is 0.628. The molecule has 0 aromatic heterocycles. The molecule has 0 saturated carbocycles. The van der Waals surface area contributed by atoms with E-state index in [0.717, 1.165) is 32.4 Å². The van der Waals surface area contributed by atoms with E-state index in [0.29, 0.717) is 12.6 Å². The van der Waals surface area contributed by atoms with Crippen molar-refractivity contribution in [2.75, 3.05) is 19.6 Å². The van der Waals surface area contributed by atoms with Gasteiger partial charge in [-0.05, 0) is 40.0 Å². The minimum atomic E-state index is -0.428. The Morgan fingerprint density at radius 1 is 1.32 bits per heavy atom. The summed E-state index contributed by atoms with van der Waals surface area (Å²) in [5.74, 6) is 2.88. The van der Waals surface area contributed by atoms with Crippen molar-refractivity contribution < 1.29 is 9.53 Å². The molecule has 0 aliphatic carbocycles. The molecule has 0 aromatic carbocycles.